The largest absolute Gasteiger partial charge is 0.494 e. The van der Waals surface area contributed by atoms with Gasteiger partial charge in [-0.05, 0) is 47.6 Å². The second-order valence-corrected chi connectivity index (χ2v) is 6.12. The first-order valence-corrected chi connectivity index (χ1v) is 7.93. The van der Waals surface area contributed by atoms with Gasteiger partial charge in [-0.15, -0.1) is 11.8 Å². The Labute approximate surface area is 129 Å². The molecule has 2 N–H and O–H groups in total. The Kier molecular flexibility index (Phi) is 5.65. The fourth-order valence-electron chi connectivity index (χ4n) is 2.19. The summed E-state index contributed by atoms with van der Waals surface area (Å²) in [6.07, 6.45) is 0.598. The van der Waals surface area contributed by atoms with Crippen molar-refractivity contribution in [3.05, 3.63) is 59.4 Å². The molecule has 112 valence electrons. The Balaban J connectivity index is 2.06. The average molecular weight is 305 g/mol. The molecule has 1 unspecified atom stereocenters. The minimum Gasteiger partial charge on any atom is -0.494 e. The van der Waals surface area contributed by atoms with Crippen LogP contribution in [0.3, 0.4) is 0 Å². The fraction of sp³-hybridized carbons (Fsp3) is 0.294. The summed E-state index contributed by atoms with van der Waals surface area (Å²) in [7, 11) is 1.46. The molecule has 0 aliphatic heterocycles. The lowest BCUT2D eigenvalue weighted by Crippen LogP contribution is -2.13. The van der Waals surface area contributed by atoms with Crippen LogP contribution < -0.4 is 10.5 Å². The van der Waals surface area contributed by atoms with Crippen molar-refractivity contribution < 1.29 is 9.13 Å². The van der Waals surface area contributed by atoms with E-state index in [1.54, 1.807) is 17.8 Å². The Bertz CT molecular complexity index is 586. The molecule has 2 aromatic carbocycles. The smallest absolute Gasteiger partial charge is 0.165 e. The Morgan fingerprint density at radius 3 is 2.48 bits per heavy atom. The van der Waals surface area contributed by atoms with Gasteiger partial charge in [0.2, 0.25) is 0 Å². The summed E-state index contributed by atoms with van der Waals surface area (Å²) in [6.45, 7) is 2.13. The Hall–Kier alpha value is -1.52. The zero-order valence-electron chi connectivity index (χ0n) is 12.3. The van der Waals surface area contributed by atoms with Gasteiger partial charge in [-0.2, -0.15) is 0 Å². The molecule has 0 fully saturated rings. The molecule has 0 aromatic heterocycles. The summed E-state index contributed by atoms with van der Waals surface area (Å²) < 4.78 is 18.6. The van der Waals surface area contributed by atoms with Crippen LogP contribution in [0.2, 0.25) is 0 Å². The lowest BCUT2D eigenvalue weighted by Gasteiger charge is -2.13. The van der Waals surface area contributed by atoms with Crippen molar-refractivity contribution >= 4 is 11.8 Å². The molecule has 0 heterocycles. The van der Waals surface area contributed by atoms with Gasteiger partial charge in [-0.3, -0.25) is 0 Å². The van der Waals surface area contributed by atoms with Gasteiger partial charge in [-0.25, -0.2) is 4.39 Å². The first-order valence-electron chi connectivity index (χ1n) is 6.94. The standard InChI is InChI=1S/C17H20FNOS/c1-3-21-14-7-5-13(6-8-14)16(19)11-12-4-9-17(20-2)15(18)10-12/h4-10,16H,3,11,19H2,1-2H3. The number of halogens is 1. The molecular formula is C17H20FNOS. The lowest BCUT2D eigenvalue weighted by atomic mass is 9.99. The predicted molar refractivity (Wildman–Crippen MR) is 86.4 cm³/mol. The van der Waals surface area contributed by atoms with Crippen LogP contribution in [-0.2, 0) is 6.42 Å². The zero-order valence-corrected chi connectivity index (χ0v) is 13.1. The normalized spacial score (nSPS) is 12.2. The third-order valence-corrected chi connectivity index (χ3v) is 4.19. The molecule has 0 bridgehead atoms. The summed E-state index contributed by atoms with van der Waals surface area (Å²) in [5.41, 5.74) is 8.14. The number of ether oxygens (including phenoxy) is 1. The van der Waals surface area contributed by atoms with Gasteiger partial charge in [0.15, 0.2) is 11.6 Å². The average Bonchev–Trinajstić information content (AvgIpc) is 2.48. The first kappa shape index (κ1) is 15.9. The van der Waals surface area contributed by atoms with Crippen molar-refractivity contribution in [1.82, 2.24) is 0 Å². The summed E-state index contributed by atoms with van der Waals surface area (Å²) in [5, 5.41) is 0. The SMILES string of the molecule is CCSc1ccc(C(N)Cc2ccc(OC)c(F)c2)cc1. The van der Waals surface area contributed by atoms with E-state index in [0.717, 1.165) is 16.9 Å². The van der Waals surface area contributed by atoms with Crippen molar-refractivity contribution in [1.29, 1.82) is 0 Å². The van der Waals surface area contributed by atoms with Crippen molar-refractivity contribution in [3.63, 3.8) is 0 Å². The number of hydrogen-bond donors (Lipinski definition) is 1. The number of nitrogens with two attached hydrogens (primary N) is 1. The molecule has 0 saturated carbocycles. The Morgan fingerprint density at radius 1 is 1.19 bits per heavy atom. The maximum Gasteiger partial charge on any atom is 0.165 e. The van der Waals surface area contributed by atoms with E-state index in [1.807, 2.05) is 18.2 Å². The summed E-state index contributed by atoms with van der Waals surface area (Å²) >= 11 is 1.80. The molecule has 2 nitrogen and oxygen atoms in total. The van der Waals surface area contributed by atoms with Gasteiger partial charge in [0, 0.05) is 10.9 Å². The second-order valence-electron chi connectivity index (χ2n) is 4.78. The van der Waals surface area contributed by atoms with Crippen LogP contribution in [0.25, 0.3) is 0 Å². The zero-order chi connectivity index (χ0) is 15.2. The van der Waals surface area contributed by atoms with Crippen LogP contribution in [0.5, 0.6) is 5.75 Å². The molecule has 0 radical (unpaired) electrons. The van der Waals surface area contributed by atoms with E-state index in [-0.39, 0.29) is 17.6 Å². The van der Waals surface area contributed by atoms with Gasteiger partial charge in [0.25, 0.3) is 0 Å². The van der Waals surface area contributed by atoms with Gasteiger partial charge in [0.1, 0.15) is 0 Å². The molecule has 1 atom stereocenters. The second kappa shape index (κ2) is 7.48. The quantitative estimate of drug-likeness (QED) is 0.813. The molecule has 0 saturated heterocycles. The molecular weight excluding hydrogens is 285 g/mol. The third kappa shape index (κ3) is 4.22. The van der Waals surface area contributed by atoms with Crippen LogP contribution >= 0.6 is 11.8 Å². The van der Waals surface area contributed by atoms with Crippen molar-refractivity contribution in [2.24, 2.45) is 5.73 Å². The van der Waals surface area contributed by atoms with Crippen LogP contribution in [-0.4, -0.2) is 12.9 Å². The highest BCUT2D eigenvalue weighted by Crippen LogP contribution is 2.24. The number of methoxy groups -OCH3 is 1. The number of hydrogen-bond acceptors (Lipinski definition) is 3. The van der Waals surface area contributed by atoms with Crippen LogP contribution in [0.1, 0.15) is 24.1 Å². The predicted octanol–water partition coefficient (Wildman–Crippen LogP) is 4.19. The lowest BCUT2D eigenvalue weighted by molar-refractivity contribution is 0.386. The molecule has 0 amide bonds. The third-order valence-electron chi connectivity index (χ3n) is 3.29. The van der Waals surface area contributed by atoms with Gasteiger partial charge in [-0.1, -0.05) is 25.1 Å². The topological polar surface area (TPSA) is 35.2 Å². The maximum atomic E-state index is 13.7. The first-order chi connectivity index (χ1) is 10.1. The van der Waals surface area contributed by atoms with E-state index in [9.17, 15) is 4.39 Å². The van der Waals surface area contributed by atoms with Crippen molar-refractivity contribution in [3.8, 4) is 5.75 Å². The van der Waals surface area contributed by atoms with Crippen molar-refractivity contribution in [2.75, 3.05) is 12.9 Å². The molecule has 0 aliphatic rings. The maximum absolute atomic E-state index is 13.7. The van der Waals surface area contributed by atoms with E-state index >= 15 is 0 Å². The monoisotopic (exact) mass is 305 g/mol. The van der Waals surface area contributed by atoms with Crippen LogP contribution in [0.4, 0.5) is 4.39 Å². The Morgan fingerprint density at radius 2 is 1.90 bits per heavy atom. The highest BCUT2D eigenvalue weighted by molar-refractivity contribution is 7.99. The van der Waals surface area contributed by atoms with E-state index < -0.39 is 0 Å². The summed E-state index contributed by atoms with van der Waals surface area (Å²) in [5.74, 6) is 0.960. The number of rotatable bonds is 6. The molecule has 21 heavy (non-hydrogen) atoms. The van der Waals surface area contributed by atoms with Gasteiger partial charge >= 0.3 is 0 Å². The highest BCUT2D eigenvalue weighted by atomic mass is 32.2. The molecule has 0 aliphatic carbocycles. The van der Waals surface area contributed by atoms with Gasteiger partial charge < -0.3 is 10.5 Å². The molecule has 2 aromatic rings. The van der Waals surface area contributed by atoms with Gasteiger partial charge in [0.05, 0.1) is 7.11 Å². The number of benzene rings is 2. The molecule has 2 rings (SSSR count). The van der Waals surface area contributed by atoms with E-state index in [1.165, 1.54) is 18.1 Å². The molecule has 4 heteroatoms. The fourth-order valence-corrected chi connectivity index (χ4v) is 2.85. The molecule has 0 spiro atoms. The summed E-state index contributed by atoms with van der Waals surface area (Å²) in [4.78, 5) is 1.24. The number of thioether (sulfide) groups is 1. The minimum atomic E-state index is -0.350. The van der Waals surface area contributed by atoms with E-state index in [4.69, 9.17) is 10.5 Å². The van der Waals surface area contributed by atoms with E-state index in [2.05, 4.69) is 19.1 Å². The van der Waals surface area contributed by atoms with Crippen molar-refractivity contribution in [2.45, 2.75) is 24.3 Å². The van der Waals surface area contributed by atoms with Crippen LogP contribution in [0.15, 0.2) is 47.4 Å². The minimum absolute atomic E-state index is 0.140. The van der Waals surface area contributed by atoms with E-state index in [0.29, 0.717) is 6.42 Å². The highest BCUT2D eigenvalue weighted by Gasteiger charge is 2.10. The van der Waals surface area contributed by atoms with Crippen LogP contribution in [0, 0.1) is 5.82 Å². The summed E-state index contributed by atoms with van der Waals surface area (Å²) in [6, 6.07) is 13.1.